The van der Waals surface area contributed by atoms with Crippen molar-refractivity contribution in [2.75, 3.05) is 0 Å². The number of aliphatic carboxylic acids is 1. The molecule has 2 aromatic rings. The second-order valence-corrected chi connectivity index (χ2v) is 10.4. The first kappa shape index (κ1) is 29.6. The molecule has 0 aliphatic heterocycles. The number of carboxylic acids is 1. The first-order chi connectivity index (χ1) is 16.9. The molecule has 0 saturated carbocycles. The maximum Gasteiger partial charge on any atom is 0.325 e. The van der Waals surface area contributed by atoms with Crippen molar-refractivity contribution in [2.24, 2.45) is 5.92 Å². The molecule has 5 nitrogen and oxygen atoms in total. The van der Waals surface area contributed by atoms with Crippen molar-refractivity contribution in [3.8, 4) is 0 Å². The Bertz CT molecular complexity index is 1070. The number of amides is 1. The van der Waals surface area contributed by atoms with E-state index < -0.39 is 17.6 Å². The summed E-state index contributed by atoms with van der Waals surface area (Å²) in [7, 11) is 0. The molecule has 2 atom stereocenters. The van der Waals surface area contributed by atoms with Crippen LogP contribution in [-0.2, 0) is 16.6 Å². The Morgan fingerprint density at radius 1 is 0.861 bits per heavy atom. The molecule has 0 aliphatic rings. The predicted octanol–water partition coefficient (Wildman–Crippen LogP) is 6.34. The topological polar surface area (TPSA) is 86.6 Å². The van der Waals surface area contributed by atoms with Gasteiger partial charge in [-0.3, -0.25) is 9.59 Å². The van der Waals surface area contributed by atoms with Crippen molar-refractivity contribution < 1.29 is 19.8 Å². The van der Waals surface area contributed by atoms with Gasteiger partial charge in [-0.25, -0.2) is 0 Å². The van der Waals surface area contributed by atoms with E-state index in [-0.39, 0.29) is 17.2 Å². The van der Waals surface area contributed by atoms with Crippen molar-refractivity contribution >= 4 is 11.9 Å². The molecular weight excluding hydrogens is 450 g/mol. The normalized spacial score (nSPS) is 13.8. The summed E-state index contributed by atoms with van der Waals surface area (Å²) in [5.74, 6) is -1.26. The van der Waals surface area contributed by atoms with E-state index in [9.17, 15) is 14.7 Å². The lowest BCUT2D eigenvalue weighted by Gasteiger charge is -2.35. The van der Waals surface area contributed by atoms with Gasteiger partial charge in [0.15, 0.2) is 0 Å². The van der Waals surface area contributed by atoms with Crippen LogP contribution in [0.1, 0.15) is 105 Å². The van der Waals surface area contributed by atoms with Gasteiger partial charge in [0.1, 0.15) is 6.04 Å². The Kier molecular flexibility index (Phi) is 9.90. The van der Waals surface area contributed by atoms with E-state index in [1.807, 2.05) is 19.1 Å². The van der Waals surface area contributed by atoms with E-state index in [2.05, 4.69) is 71.1 Å². The largest absolute Gasteiger partial charge is 0.480 e. The van der Waals surface area contributed by atoms with Crippen molar-refractivity contribution in [3.05, 3.63) is 69.8 Å². The Hall–Kier alpha value is -2.66. The fraction of sp³-hybridized carbons (Fsp3) is 0.548. The van der Waals surface area contributed by atoms with E-state index in [1.54, 1.807) is 0 Å². The molecule has 198 valence electrons. The Morgan fingerprint density at radius 3 is 1.83 bits per heavy atom. The van der Waals surface area contributed by atoms with Crippen LogP contribution in [0.2, 0.25) is 0 Å². The van der Waals surface area contributed by atoms with Crippen LogP contribution in [0.5, 0.6) is 0 Å². The van der Waals surface area contributed by atoms with Crippen molar-refractivity contribution in [1.82, 2.24) is 5.32 Å². The van der Waals surface area contributed by atoms with Crippen molar-refractivity contribution in [3.63, 3.8) is 0 Å². The zero-order valence-corrected chi connectivity index (χ0v) is 23.4. The van der Waals surface area contributed by atoms with Crippen molar-refractivity contribution in [1.29, 1.82) is 0 Å². The maximum atomic E-state index is 12.6. The molecule has 0 fully saturated rings. The first-order valence-electron chi connectivity index (χ1n) is 13.4. The first-order valence-corrected chi connectivity index (χ1v) is 13.4. The van der Waals surface area contributed by atoms with Gasteiger partial charge in [0, 0.05) is 11.0 Å². The highest BCUT2D eigenvalue weighted by atomic mass is 16.4. The zero-order chi connectivity index (χ0) is 27.3. The lowest BCUT2D eigenvalue weighted by Crippen LogP contribution is -2.38. The van der Waals surface area contributed by atoms with Crippen molar-refractivity contribution in [2.45, 2.75) is 105 Å². The molecule has 0 heterocycles. The van der Waals surface area contributed by atoms with E-state index in [0.29, 0.717) is 5.56 Å². The Labute approximate surface area is 217 Å². The second kappa shape index (κ2) is 12.1. The molecule has 2 rings (SSSR count). The number of rotatable bonds is 12. The van der Waals surface area contributed by atoms with Gasteiger partial charge >= 0.3 is 5.97 Å². The summed E-state index contributed by atoms with van der Waals surface area (Å²) in [6, 6.07) is 11.7. The fourth-order valence-electron chi connectivity index (χ4n) is 5.47. The van der Waals surface area contributed by atoms with Gasteiger partial charge in [-0.2, -0.15) is 0 Å². The van der Waals surface area contributed by atoms with Gasteiger partial charge in [-0.15, -0.1) is 0 Å². The highest BCUT2D eigenvalue weighted by Crippen LogP contribution is 2.40. The summed E-state index contributed by atoms with van der Waals surface area (Å²) in [6.45, 7) is 16.1. The monoisotopic (exact) mass is 495 g/mol. The highest BCUT2D eigenvalue weighted by molar-refractivity contribution is 5.97. The SMILES string of the molecule is CCC(CC)(c1ccc(CC(C)C(O)(CC)CC)c(C)c1)c1ccc(C(=O)NC(C)C(=O)O)c(C)c1. The van der Waals surface area contributed by atoms with Gasteiger partial charge in [0.25, 0.3) is 5.91 Å². The number of aryl methyl sites for hydroxylation is 2. The molecule has 5 heteroatoms. The maximum absolute atomic E-state index is 12.6. The fourth-order valence-corrected chi connectivity index (χ4v) is 5.47. The number of benzene rings is 2. The quantitative estimate of drug-likeness (QED) is 0.321. The molecule has 3 N–H and O–H groups in total. The van der Waals surface area contributed by atoms with Gasteiger partial charge in [-0.1, -0.05) is 65.0 Å². The van der Waals surface area contributed by atoms with Crippen LogP contribution in [-0.4, -0.2) is 33.7 Å². The summed E-state index contributed by atoms with van der Waals surface area (Å²) in [4.78, 5) is 23.8. The summed E-state index contributed by atoms with van der Waals surface area (Å²) in [5, 5.41) is 22.6. The predicted molar refractivity (Wildman–Crippen MR) is 147 cm³/mol. The van der Waals surface area contributed by atoms with Crippen LogP contribution in [0, 0.1) is 19.8 Å². The van der Waals surface area contributed by atoms with Gasteiger partial charge < -0.3 is 15.5 Å². The van der Waals surface area contributed by atoms with Crippen LogP contribution in [0.3, 0.4) is 0 Å². The minimum absolute atomic E-state index is 0.171. The third kappa shape index (κ3) is 6.00. The van der Waals surface area contributed by atoms with Crippen LogP contribution < -0.4 is 5.32 Å². The van der Waals surface area contributed by atoms with Gasteiger partial charge in [0.2, 0.25) is 0 Å². The number of carbonyl (C=O) groups excluding carboxylic acids is 1. The van der Waals surface area contributed by atoms with Crippen LogP contribution in [0.25, 0.3) is 0 Å². The number of nitrogens with one attached hydrogen (secondary N) is 1. The summed E-state index contributed by atoms with van der Waals surface area (Å²) < 4.78 is 0. The number of hydrogen-bond acceptors (Lipinski definition) is 3. The molecule has 2 unspecified atom stereocenters. The third-order valence-electron chi connectivity index (χ3n) is 8.51. The lowest BCUT2D eigenvalue weighted by molar-refractivity contribution is -0.138. The molecule has 0 saturated heterocycles. The molecular formula is C31H45NO4. The van der Waals surface area contributed by atoms with E-state index in [1.165, 1.54) is 23.6 Å². The van der Waals surface area contributed by atoms with Crippen LogP contribution in [0.15, 0.2) is 36.4 Å². The highest BCUT2D eigenvalue weighted by Gasteiger charge is 2.33. The summed E-state index contributed by atoms with van der Waals surface area (Å²) in [6.07, 6.45) is 4.15. The number of carboxylic acid groups (broad SMARTS) is 1. The van der Waals surface area contributed by atoms with E-state index in [0.717, 1.165) is 43.2 Å². The molecule has 0 spiro atoms. The summed E-state index contributed by atoms with van der Waals surface area (Å²) in [5.41, 5.74) is 5.38. The van der Waals surface area contributed by atoms with Gasteiger partial charge in [-0.05, 0) is 92.7 Å². The van der Waals surface area contributed by atoms with E-state index >= 15 is 0 Å². The summed E-state index contributed by atoms with van der Waals surface area (Å²) >= 11 is 0. The average molecular weight is 496 g/mol. The van der Waals surface area contributed by atoms with E-state index in [4.69, 9.17) is 5.11 Å². The standard InChI is InChI=1S/C31H45NO4/c1-9-30(10-2,26-15-16-27(21(6)18-26)28(33)32-23(8)29(34)35)25-14-13-24(20(5)17-25)19-22(7)31(36,11-3)12-4/h13-18,22-23,36H,9-12,19H2,1-8H3,(H,32,33)(H,34,35). The lowest BCUT2D eigenvalue weighted by atomic mass is 9.69. The molecule has 1 amide bonds. The van der Waals surface area contributed by atoms with Gasteiger partial charge in [0.05, 0.1) is 5.60 Å². The molecule has 0 bridgehead atoms. The van der Waals surface area contributed by atoms with Crippen LogP contribution >= 0.6 is 0 Å². The number of carbonyl (C=O) groups is 2. The number of hydrogen-bond donors (Lipinski definition) is 3. The zero-order valence-electron chi connectivity index (χ0n) is 23.4. The molecule has 0 aromatic heterocycles. The Morgan fingerprint density at radius 2 is 1.39 bits per heavy atom. The Balaban J connectivity index is 2.42. The number of aliphatic hydroxyl groups is 1. The molecule has 36 heavy (non-hydrogen) atoms. The molecule has 2 aromatic carbocycles. The van der Waals surface area contributed by atoms with Crippen LogP contribution in [0.4, 0.5) is 0 Å². The minimum Gasteiger partial charge on any atom is -0.480 e. The minimum atomic E-state index is -1.06. The average Bonchev–Trinajstić information content (AvgIpc) is 2.85. The third-order valence-corrected chi connectivity index (χ3v) is 8.51. The smallest absolute Gasteiger partial charge is 0.325 e. The molecule has 0 aliphatic carbocycles. The second-order valence-electron chi connectivity index (χ2n) is 10.4. The molecule has 0 radical (unpaired) electrons.